The van der Waals surface area contributed by atoms with E-state index < -0.39 is 111 Å². The van der Waals surface area contributed by atoms with Gasteiger partial charge in [-0.1, -0.05) is 29.0 Å². The smallest absolute Gasteiger partial charge is 0.744 e. The van der Waals surface area contributed by atoms with Crippen molar-refractivity contribution in [3.63, 3.8) is 0 Å². The molecule has 6 aromatic rings. The van der Waals surface area contributed by atoms with Gasteiger partial charge in [-0.05, 0) is 12.1 Å². The summed E-state index contributed by atoms with van der Waals surface area (Å²) >= 11 is 0. The van der Waals surface area contributed by atoms with Gasteiger partial charge < -0.3 is 18.6 Å². The van der Waals surface area contributed by atoms with Crippen LogP contribution in [-0.4, -0.2) is 25.9 Å². The predicted molar refractivity (Wildman–Crippen MR) is 153 cm³/mol. The Morgan fingerprint density at radius 2 is 0.889 bits per heavy atom. The molecule has 0 amide bonds. The normalized spacial score (nSPS) is 11.2. The molecule has 6 rings (SSSR count). The number of halogens is 8. The molecule has 22 heteroatoms. The van der Waals surface area contributed by atoms with Crippen LogP contribution in [0.5, 0.6) is 23.0 Å². The monoisotopic (exact) mass is 830 g/mol. The Labute approximate surface area is 388 Å². The molecule has 0 bridgehead atoms. The maximum absolute atomic E-state index is 15.3. The summed E-state index contributed by atoms with van der Waals surface area (Å²) in [6.07, 6.45) is 0. The molecular formula is C32H10F8Na4O8S2. The van der Waals surface area contributed by atoms with E-state index in [1.807, 2.05) is 0 Å². The van der Waals surface area contributed by atoms with Crippen LogP contribution in [-0.2, 0) is 20.2 Å². The molecule has 0 unspecified atom stereocenters. The number of benzene rings is 6. The second-order valence-electron chi connectivity index (χ2n) is 10.2. The van der Waals surface area contributed by atoms with Crippen molar-refractivity contribution in [2.24, 2.45) is 0 Å². The van der Waals surface area contributed by atoms with Gasteiger partial charge in [0.2, 0.25) is 29.0 Å². The van der Waals surface area contributed by atoms with Crippen molar-refractivity contribution in [1.82, 2.24) is 0 Å². The maximum Gasteiger partial charge on any atom is 1.00 e. The summed E-state index contributed by atoms with van der Waals surface area (Å²) in [5.74, 6) is -25.4. The van der Waals surface area contributed by atoms with Gasteiger partial charge in [0.1, 0.15) is 26.0 Å². The molecule has 0 fully saturated rings. The molecule has 0 N–H and O–H groups in total. The van der Waals surface area contributed by atoms with Crippen molar-refractivity contribution >= 4 is 41.8 Å². The third-order valence-corrected chi connectivity index (χ3v) is 8.82. The van der Waals surface area contributed by atoms with E-state index in [2.05, 4.69) is 12.1 Å². The van der Waals surface area contributed by atoms with Crippen molar-refractivity contribution in [3.8, 4) is 34.1 Å². The fourth-order valence-electron chi connectivity index (χ4n) is 4.89. The van der Waals surface area contributed by atoms with E-state index in [4.69, 9.17) is 9.47 Å². The molecule has 0 saturated heterocycles. The molecule has 0 spiro atoms. The third kappa shape index (κ3) is 9.20. The summed E-state index contributed by atoms with van der Waals surface area (Å²) in [6.45, 7) is 0. The molecule has 8 nitrogen and oxygen atoms in total. The first-order chi connectivity index (χ1) is 23.4. The molecule has 0 saturated carbocycles. The summed E-state index contributed by atoms with van der Waals surface area (Å²) < 4.78 is 201. The van der Waals surface area contributed by atoms with Crippen LogP contribution in [0.3, 0.4) is 0 Å². The van der Waals surface area contributed by atoms with Crippen LogP contribution in [0.2, 0.25) is 0 Å². The molecular weight excluding hydrogens is 820 g/mol. The van der Waals surface area contributed by atoms with E-state index in [0.29, 0.717) is 6.07 Å². The minimum absolute atomic E-state index is 0. The Hall–Kier alpha value is -1.30. The van der Waals surface area contributed by atoms with Crippen LogP contribution in [0.25, 0.3) is 32.7 Å². The van der Waals surface area contributed by atoms with Crippen molar-refractivity contribution in [3.05, 3.63) is 119 Å². The van der Waals surface area contributed by atoms with E-state index in [9.17, 15) is 25.9 Å². The Morgan fingerprint density at radius 3 is 1.35 bits per heavy atom. The van der Waals surface area contributed by atoms with E-state index in [-0.39, 0.29) is 140 Å². The standard InChI is InChI=1S/C32H12F8O8S2.4Na/c33-23-21(24(34)28(38)31(27(23)37)47-19-7-3-5-14-10-15(49(41,42)43)8-9-18(14)19)22-25(35)29(39)32(30(40)26(22)36)48-20-12-16(50(44,45)46)11-13-4-1-2-6-17(13)20;;;;/h2,4-12H,(H,41,42,43)(H,44,45,46);;;;/q-2;4*+1/p-2. The van der Waals surface area contributed by atoms with Crippen LogP contribution < -0.4 is 128 Å². The Bertz CT molecular complexity index is 2610. The largest absolute Gasteiger partial charge is 1.00 e. The minimum atomic E-state index is -5.23. The van der Waals surface area contributed by atoms with Crippen molar-refractivity contribution in [1.29, 1.82) is 0 Å². The van der Waals surface area contributed by atoms with Crippen molar-refractivity contribution < 1.29 is 189 Å². The zero-order chi connectivity index (χ0) is 36.4. The van der Waals surface area contributed by atoms with Crippen LogP contribution in [0.15, 0.2) is 70.5 Å². The second-order valence-corrected chi connectivity index (χ2v) is 12.9. The fourth-order valence-corrected chi connectivity index (χ4v) is 5.92. The van der Waals surface area contributed by atoms with Gasteiger partial charge in [-0.3, -0.25) is 0 Å². The minimum Gasteiger partial charge on any atom is -0.744 e. The van der Waals surface area contributed by atoms with E-state index in [1.54, 1.807) is 0 Å². The SMILES string of the molecule is O=S(=O)([O-])c1ccc2c(Oc3c(F)c(F)c(-c4c(F)c(F)c(Oc5cc(S(=O)(=O)[O-])cc6c[c-]ccc56)c(F)c4F)c(F)c3F)c[c-]cc2c1.[Na+].[Na+].[Na+].[Na+]. The van der Waals surface area contributed by atoms with Crippen LogP contribution in [0, 0.1) is 58.7 Å². The Morgan fingerprint density at radius 1 is 0.481 bits per heavy atom. The van der Waals surface area contributed by atoms with Crippen LogP contribution in [0.4, 0.5) is 35.1 Å². The predicted octanol–water partition coefficient (Wildman–Crippen LogP) is -4.22. The summed E-state index contributed by atoms with van der Waals surface area (Å²) in [6, 6.07) is 14.3. The van der Waals surface area contributed by atoms with Gasteiger partial charge in [-0.25, -0.2) is 34.4 Å². The second kappa shape index (κ2) is 18.5. The summed E-state index contributed by atoms with van der Waals surface area (Å²) in [5.41, 5.74) is -4.51. The van der Waals surface area contributed by atoms with Gasteiger partial charge in [0.05, 0.1) is 11.1 Å². The number of hydrogen-bond acceptors (Lipinski definition) is 8. The van der Waals surface area contributed by atoms with Crippen molar-refractivity contribution in [2.75, 3.05) is 0 Å². The fraction of sp³-hybridized carbons (Fsp3) is 0. The maximum atomic E-state index is 15.3. The molecule has 54 heavy (non-hydrogen) atoms. The van der Waals surface area contributed by atoms with E-state index in [1.165, 1.54) is 6.07 Å². The first kappa shape index (κ1) is 48.8. The molecule has 0 aliphatic carbocycles. The third-order valence-electron chi connectivity index (χ3n) is 7.17. The number of ether oxygens (including phenoxy) is 2. The first-order valence-corrected chi connectivity index (χ1v) is 16.1. The number of hydrogen-bond donors (Lipinski definition) is 0. The van der Waals surface area contributed by atoms with Crippen LogP contribution >= 0.6 is 0 Å². The summed E-state index contributed by atoms with van der Waals surface area (Å²) in [7, 11) is -10.2. The Balaban J connectivity index is 0.00000252. The zero-order valence-corrected chi connectivity index (χ0v) is 37.5. The molecule has 0 aromatic heterocycles. The molecule has 0 atom stereocenters. The molecule has 6 aromatic carbocycles. The zero-order valence-electron chi connectivity index (χ0n) is 27.9. The number of rotatable bonds is 7. The average molecular weight is 831 g/mol. The van der Waals surface area contributed by atoms with Gasteiger partial charge in [0.15, 0.2) is 29.0 Å². The van der Waals surface area contributed by atoms with E-state index >= 15 is 35.1 Å². The van der Waals surface area contributed by atoms with E-state index in [0.717, 1.165) is 48.5 Å². The van der Waals surface area contributed by atoms with Crippen LogP contribution in [0.1, 0.15) is 0 Å². The quantitative estimate of drug-likeness (QED) is 0.0521. The average Bonchev–Trinajstić information content (AvgIpc) is 3.07. The topological polar surface area (TPSA) is 133 Å². The van der Waals surface area contributed by atoms with Gasteiger partial charge >= 0.3 is 118 Å². The van der Waals surface area contributed by atoms with Gasteiger partial charge in [0.25, 0.3) is 0 Å². The van der Waals surface area contributed by atoms with Crippen molar-refractivity contribution in [2.45, 2.75) is 9.79 Å². The molecule has 0 radical (unpaired) electrons. The molecule has 0 aliphatic heterocycles. The van der Waals surface area contributed by atoms with Gasteiger partial charge in [-0.15, -0.1) is 16.8 Å². The molecule has 0 aliphatic rings. The summed E-state index contributed by atoms with van der Waals surface area (Å²) in [4.78, 5) is -1.71. The molecule has 258 valence electrons. The Kier molecular flexibility index (Phi) is 16.8. The summed E-state index contributed by atoms with van der Waals surface area (Å²) in [5, 5.41) is -0.475. The van der Waals surface area contributed by atoms with Gasteiger partial charge in [-0.2, -0.15) is 54.0 Å². The van der Waals surface area contributed by atoms with Gasteiger partial charge in [0, 0.05) is 15.5 Å². The number of fused-ring (bicyclic) bond motifs is 2. The first-order valence-electron chi connectivity index (χ1n) is 13.3. The molecule has 0 heterocycles.